The van der Waals surface area contributed by atoms with E-state index in [9.17, 15) is 8.42 Å². The average molecular weight is 226 g/mol. The van der Waals surface area contributed by atoms with Gasteiger partial charge in [0.1, 0.15) is 5.75 Å². The lowest BCUT2D eigenvalue weighted by molar-refractivity contribution is 0.291. The zero-order valence-electron chi connectivity index (χ0n) is 9.07. The Hall–Kier alpha value is -1.03. The molecule has 0 N–H and O–H groups in total. The van der Waals surface area contributed by atoms with Crippen LogP contribution in [0.3, 0.4) is 0 Å². The van der Waals surface area contributed by atoms with Gasteiger partial charge in [0.2, 0.25) is 0 Å². The van der Waals surface area contributed by atoms with E-state index in [1.54, 1.807) is 18.2 Å². The molecule has 0 bridgehead atoms. The SMILES string of the molecule is CC1(C)COc2ccc(S(C)(=O)=O)cc21. The molecule has 82 valence electrons. The summed E-state index contributed by atoms with van der Waals surface area (Å²) in [5.74, 6) is 0.799. The van der Waals surface area contributed by atoms with Crippen molar-refractivity contribution in [3.8, 4) is 5.75 Å². The summed E-state index contributed by atoms with van der Waals surface area (Å²) in [6.45, 7) is 4.70. The number of sulfone groups is 1. The molecule has 0 aliphatic carbocycles. The first-order valence-electron chi connectivity index (χ1n) is 4.78. The highest BCUT2D eigenvalue weighted by Gasteiger charge is 2.32. The first kappa shape index (κ1) is 10.5. The van der Waals surface area contributed by atoms with Crippen molar-refractivity contribution in [2.24, 2.45) is 0 Å². The second kappa shape index (κ2) is 2.98. The van der Waals surface area contributed by atoms with Gasteiger partial charge in [-0.15, -0.1) is 0 Å². The summed E-state index contributed by atoms with van der Waals surface area (Å²) in [4.78, 5) is 0.361. The van der Waals surface area contributed by atoms with Crippen molar-refractivity contribution in [3.63, 3.8) is 0 Å². The fraction of sp³-hybridized carbons (Fsp3) is 0.455. The predicted octanol–water partition coefficient (Wildman–Crippen LogP) is 1.76. The Balaban J connectivity index is 2.61. The molecular formula is C11H14O3S. The van der Waals surface area contributed by atoms with Crippen molar-refractivity contribution in [3.05, 3.63) is 23.8 Å². The van der Waals surface area contributed by atoms with E-state index in [2.05, 4.69) is 0 Å². The van der Waals surface area contributed by atoms with Gasteiger partial charge in [-0.25, -0.2) is 8.42 Å². The molecule has 0 spiro atoms. The summed E-state index contributed by atoms with van der Waals surface area (Å²) in [5, 5.41) is 0. The van der Waals surface area contributed by atoms with Crippen LogP contribution in [0.4, 0.5) is 0 Å². The molecule has 1 heterocycles. The first-order valence-corrected chi connectivity index (χ1v) is 6.67. The topological polar surface area (TPSA) is 43.4 Å². The largest absolute Gasteiger partial charge is 0.492 e. The van der Waals surface area contributed by atoms with Crippen LogP contribution in [0.25, 0.3) is 0 Å². The third-order valence-corrected chi connectivity index (χ3v) is 3.81. The van der Waals surface area contributed by atoms with Gasteiger partial charge in [0.25, 0.3) is 0 Å². The summed E-state index contributed by atoms with van der Waals surface area (Å²) in [6.07, 6.45) is 1.22. The van der Waals surface area contributed by atoms with Gasteiger partial charge in [-0.1, -0.05) is 13.8 Å². The van der Waals surface area contributed by atoms with Gasteiger partial charge in [-0.2, -0.15) is 0 Å². The van der Waals surface area contributed by atoms with Crippen LogP contribution in [0.2, 0.25) is 0 Å². The van der Waals surface area contributed by atoms with Gasteiger partial charge in [0.05, 0.1) is 11.5 Å². The maximum absolute atomic E-state index is 11.4. The molecule has 1 aliphatic rings. The minimum atomic E-state index is -3.13. The van der Waals surface area contributed by atoms with E-state index in [1.807, 2.05) is 13.8 Å². The van der Waals surface area contributed by atoms with Crippen LogP contribution in [0.5, 0.6) is 5.75 Å². The minimum Gasteiger partial charge on any atom is -0.492 e. The van der Waals surface area contributed by atoms with Gasteiger partial charge in [-0.05, 0) is 18.2 Å². The van der Waals surface area contributed by atoms with Crippen LogP contribution < -0.4 is 4.74 Å². The zero-order chi connectivity index (χ0) is 11.3. The number of fused-ring (bicyclic) bond motifs is 1. The summed E-state index contributed by atoms with van der Waals surface area (Å²) < 4.78 is 28.3. The lowest BCUT2D eigenvalue weighted by atomic mass is 9.87. The number of hydrogen-bond donors (Lipinski definition) is 0. The van der Waals surface area contributed by atoms with Crippen molar-refractivity contribution in [2.45, 2.75) is 24.2 Å². The molecule has 1 aromatic carbocycles. The van der Waals surface area contributed by atoms with Crippen molar-refractivity contribution in [1.82, 2.24) is 0 Å². The van der Waals surface area contributed by atoms with Crippen molar-refractivity contribution in [2.75, 3.05) is 12.9 Å². The van der Waals surface area contributed by atoms with E-state index in [0.29, 0.717) is 11.5 Å². The molecular weight excluding hydrogens is 212 g/mol. The Kier molecular flexibility index (Phi) is 2.08. The number of rotatable bonds is 1. The average Bonchev–Trinajstić information content (AvgIpc) is 2.41. The van der Waals surface area contributed by atoms with E-state index in [4.69, 9.17) is 4.74 Å². The van der Waals surface area contributed by atoms with E-state index >= 15 is 0 Å². The molecule has 1 aromatic rings. The van der Waals surface area contributed by atoms with E-state index < -0.39 is 9.84 Å². The summed E-state index contributed by atoms with van der Waals surface area (Å²) in [6, 6.07) is 5.05. The molecule has 2 rings (SSSR count). The lowest BCUT2D eigenvalue weighted by Crippen LogP contribution is -2.18. The predicted molar refractivity (Wildman–Crippen MR) is 58.1 cm³/mol. The summed E-state index contributed by atoms with van der Waals surface area (Å²) >= 11 is 0. The second-order valence-corrected chi connectivity index (χ2v) is 6.62. The Morgan fingerprint density at radius 3 is 2.60 bits per heavy atom. The molecule has 3 nitrogen and oxygen atoms in total. The quantitative estimate of drug-likeness (QED) is 0.733. The van der Waals surface area contributed by atoms with E-state index in [1.165, 1.54) is 6.26 Å². The molecule has 0 fully saturated rings. The van der Waals surface area contributed by atoms with Crippen LogP contribution in [0.1, 0.15) is 19.4 Å². The lowest BCUT2D eigenvalue weighted by Gasteiger charge is -2.15. The molecule has 0 aromatic heterocycles. The van der Waals surface area contributed by atoms with Gasteiger partial charge >= 0.3 is 0 Å². The smallest absolute Gasteiger partial charge is 0.175 e. The summed E-state index contributed by atoms with van der Waals surface area (Å²) in [5.41, 5.74) is 0.876. The van der Waals surface area contributed by atoms with Crippen LogP contribution in [0, 0.1) is 0 Å². The molecule has 0 atom stereocenters. The third-order valence-electron chi connectivity index (χ3n) is 2.70. The van der Waals surface area contributed by atoms with Gasteiger partial charge in [0, 0.05) is 17.2 Å². The monoisotopic (exact) mass is 226 g/mol. The molecule has 0 amide bonds. The first-order chi connectivity index (χ1) is 6.81. The van der Waals surface area contributed by atoms with Crippen molar-refractivity contribution >= 4 is 9.84 Å². The molecule has 15 heavy (non-hydrogen) atoms. The normalized spacial score (nSPS) is 18.3. The van der Waals surface area contributed by atoms with Crippen LogP contribution in [-0.2, 0) is 15.3 Å². The third kappa shape index (κ3) is 1.74. The zero-order valence-corrected chi connectivity index (χ0v) is 9.89. The minimum absolute atomic E-state index is 0.101. The fourth-order valence-electron chi connectivity index (χ4n) is 1.73. The molecule has 0 radical (unpaired) electrons. The Bertz CT molecular complexity index is 501. The molecule has 0 saturated heterocycles. The van der Waals surface area contributed by atoms with E-state index in [0.717, 1.165) is 11.3 Å². The fourth-order valence-corrected chi connectivity index (χ4v) is 2.38. The van der Waals surface area contributed by atoms with Crippen molar-refractivity contribution < 1.29 is 13.2 Å². The van der Waals surface area contributed by atoms with Gasteiger partial charge in [0.15, 0.2) is 9.84 Å². The Morgan fingerprint density at radius 2 is 2.00 bits per heavy atom. The Labute approximate surface area is 90.0 Å². The molecule has 0 unspecified atom stereocenters. The highest BCUT2D eigenvalue weighted by atomic mass is 32.2. The maximum Gasteiger partial charge on any atom is 0.175 e. The van der Waals surface area contributed by atoms with Crippen molar-refractivity contribution in [1.29, 1.82) is 0 Å². The standard InChI is InChI=1S/C11H14O3S/c1-11(2)7-14-10-5-4-8(6-9(10)11)15(3,12)13/h4-6H,7H2,1-3H3. The molecule has 1 aliphatic heterocycles. The van der Waals surface area contributed by atoms with Crippen LogP contribution in [-0.4, -0.2) is 21.3 Å². The van der Waals surface area contributed by atoms with Crippen LogP contribution >= 0.6 is 0 Å². The second-order valence-electron chi connectivity index (χ2n) is 4.60. The number of hydrogen-bond acceptors (Lipinski definition) is 3. The summed E-state index contributed by atoms with van der Waals surface area (Å²) in [7, 11) is -3.13. The van der Waals surface area contributed by atoms with E-state index in [-0.39, 0.29) is 5.41 Å². The highest BCUT2D eigenvalue weighted by molar-refractivity contribution is 7.90. The van der Waals surface area contributed by atoms with Gasteiger partial charge in [-0.3, -0.25) is 0 Å². The Morgan fingerprint density at radius 1 is 1.33 bits per heavy atom. The van der Waals surface area contributed by atoms with Crippen LogP contribution in [0.15, 0.2) is 23.1 Å². The maximum atomic E-state index is 11.4. The highest BCUT2D eigenvalue weighted by Crippen LogP contribution is 2.39. The molecule has 4 heteroatoms. The number of ether oxygens (including phenoxy) is 1. The number of benzene rings is 1. The van der Waals surface area contributed by atoms with Gasteiger partial charge < -0.3 is 4.74 Å². The molecule has 0 saturated carbocycles.